The molecule has 0 aliphatic carbocycles. The summed E-state index contributed by atoms with van der Waals surface area (Å²) in [4.78, 5) is 4.74. The second kappa shape index (κ2) is 11.3. The molecule has 0 unspecified atom stereocenters. The Kier molecular flexibility index (Phi) is 8.51. The maximum Gasteiger partial charge on any atom is 0.129 e. The smallest absolute Gasteiger partial charge is 0.129 e. The van der Waals surface area contributed by atoms with Crippen molar-refractivity contribution in [2.45, 2.75) is 26.2 Å². The second-order valence-electron chi connectivity index (χ2n) is 7.36. The Hall–Kier alpha value is -1.70. The van der Waals surface area contributed by atoms with E-state index in [1.807, 2.05) is 12.1 Å². The van der Waals surface area contributed by atoms with Crippen LogP contribution in [-0.4, -0.2) is 73.6 Å². The number of nitrogens with zero attached hydrogens (tertiary/aromatic N) is 2. The summed E-state index contributed by atoms with van der Waals surface area (Å²) in [5.41, 5.74) is 2.58. The first-order chi connectivity index (χ1) is 13.7. The second-order valence-corrected chi connectivity index (χ2v) is 7.36. The van der Waals surface area contributed by atoms with Gasteiger partial charge in [-0.15, -0.1) is 0 Å². The number of aryl methyl sites for hydroxylation is 1. The van der Waals surface area contributed by atoms with E-state index in [-0.39, 0.29) is 0 Å². The van der Waals surface area contributed by atoms with Gasteiger partial charge in [-0.2, -0.15) is 0 Å². The minimum absolute atomic E-state index is 0.294. The van der Waals surface area contributed by atoms with Crippen molar-refractivity contribution in [1.82, 2.24) is 9.80 Å². The Morgan fingerprint density at radius 3 is 2.75 bits per heavy atom. The molecule has 1 atom stereocenters. The number of hydrogen-bond acceptors (Lipinski definition) is 6. The third-order valence-corrected chi connectivity index (χ3v) is 5.09. The van der Waals surface area contributed by atoms with Crippen molar-refractivity contribution in [2.75, 3.05) is 52.5 Å². The highest BCUT2D eigenvalue weighted by Crippen LogP contribution is 2.12. The van der Waals surface area contributed by atoms with E-state index in [9.17, 15) is 5.11 Å². The first kappa shape index (κ1) is 21.0. The third kappa shape index (κ3) is 7.04. The van der Waals surface area contributed by atoms with Crippen LogP contribution in [-0.2, 0) is 22.6 Å². The van der Waals surface area contributed by atoms with Crippen LogP contribution in [0.2, 0.25) is 0 Å². The molecule has 1 N–H and O–H groups in total. The average molecular weight is 389 g/mol. The standard InChI is InChI=1S/C22H32N2O4/c1-19-5-2-3-6-20(19)15-24(9-8-23-10-13-26-14-11-23)16-21(25)17-27-18-22-7-4-12-28-22/h2-7,12,21,25H,8-11,13-18H2,1H3/t21-/m0/s1. The number of ether oxygens (including phenoxy) is 2. The molecule has 6 nitrogen and oxygen atoms in total. The lowest BCUT2D eigenvalue weighted by molar-refractivity contribution is -0.00155. The molecule has 1 aliphatic rings. The molecular weight excluding hydrogens is 356 g/mol. The minimum Gasteiger partial charge on any atom is -0.467 e. The van der Waals surface area contributed by atoms with Crippen LogP contribution < -0.4 is 0 Å². The molecule has 0 bridgehead atoms. The number of aliphatic hydroxyl groups excluding tert-OH is 1. The van der Waals surface area contributed by atoms with Crippen molar-refractivity contribution in [3.63, 3.8) is 0 Å². The number of rotatable bonds is 11. The fourth-order valence-corrected chi connectivity index (χ4v) is 3.41. The predicted octanol–water partition coefficient (Wildman–Crippen LogP) is 2.30. The summed E-state index contributed by atoms with van der Waals surface area (Å²) in [5, 5.41) is 10.5. The van der Waals surface area contributed by atoms with Crippen LogP contribution in [0.15, 0.2) is 47.1 Å². The van der Waals surface area contributed by atoms with E-state index in [1.54, 1.807) is 6.26 Å². The minimum atomic E-state index is -0.538. The number of furan rings is 1. The van der Waals surface area contributed by atoms with Crippen LogP contribution in [0.1, 0.15) is 16.9 Å². The maximum atomic E-state index is 10.5. The van der Waals surface area contributed by atoms with Gasteiger partial charge in [-0.3, -0.25) is 9.80 Å². The molecular formula is C22H32N2O4. The van der Waals surface area contributed by atoms with Gasteiger partial charge < -0.3 is 19.0 Å². The van der Waals surface area contributed by atoms with Crippen LogP contribution in [0.3, 0.4) is 0 Å². The van der Waals surface area contributed by atoms with E-state index in [0.717, 1.165) is 51.7 Å². The molecule has 1 aromatic heterocycles. The van der Waals surface area contributed by atoms with Gasteiger partial charge in [-0.25, -0.2) is 0 Å². The van der Waals surface area contributed by atoms with Crippen molar-refractivity contribution < 1.29 is 19.0 Å². The summed E-state index contributed by atoms with van der Waals surface area (Å²) in [6, 6.07) is 12.2. The molecule has 0 spiro atoms. The summed E-state index contributed by atoms with van der Waals surface area (Å²) < 4.78 is 16.3. The zero-order valence-corrected chi connectivity index (χ0v) is 16.8. The molecule has 2 heterocycles. The molecule has 3 rings (SSSR count). The summed E-state index contributed by atoms with van der Waals surface area (Å²) in [7, 11) is 0. The van der Waals surface area contributed by atoms with Crippen LogP contribution in [0.4, 0.5) is 0 Å². The lowest BCUT2D eigenvalue weighted by Gasteiger charge is -2.31. The Morgan fingerprint density at radius 2 is 2.00 bits per heavy atom. The highest BCUT2D eigenvalue weighted by molar-refractivity contribution is 5.25. The Morgan fingerprint density at radius 1 is 1.18 bits per heavy atom. The summed E-state index contributed by atoms with van der Waals surface area (Å²) in [6.45, 7) is 9.68. The molecule has 28 heavy (non-hydrogen) atoms. The van der Waals surface area contributed by atoms with Gasteiger partial charge in [0.1, 0.15) is 12.4 Å². The zero-order chi connectivity index (χ0) is 19.6. The molecule has 1 fully saturated rings. The van der Waals surface area contributed by atoms with Gasteiger partial charge in [0.2, 0.25) is 0 Å². The zero-order valence-electron chi connectivity index (χ0n) is 16.8. The predicted molar refractivity (Wildman–Crippen MR) is 108 cm³/mol. The van der Waals surface area contributed by atoms with Gasteiger partial charge >= 0.3 is 0 Å². The molecule has 0 saturated carbocycles. The van der Waals surface area contributed by atoms with Crippen LogP contribution in [0.25, 0.3) is 0 Å². The Balaban J connectivity index is 1.50. The topological polar surface area (TPSA) is 58.3 Å². The normalized spacial score (nSPS) is 16.5. The van der Waals surface area contributed by atoms with Crippen molar-refractivity contribution in [1.29, 1.82) is 0 Å². The third-order valence-electron chi connectivity index (χ3n) is 5.09. The van der Waals surface area contributed by atoms with Gasteiger partial charge in [-0.1, -0.05) is 24.3 Å². The van der Waals surface area contributed by atoms with Gasteiger partial charge in [0, 0.05) is 39.3 Å². The first-order valence-corrected chi connectivity index (χ1v) is 10.1. The SMILES string of the molecule is Cc1ccccc1CN(CCN1CCOCC1)C[C@H](O)COCc1ccco1. The van der Waals surface area contributed by atoms with E-state index >= 15 is 0 Å². The molecule has 6 heteroatoms. The van der Waals surface area contributed by atoms with Crippen LogP contribution in [0.5, 0.6) is 0 Å². The molecule has 2 aromatic rings. The quantitative estimate of drug-likeness (QED) is 0.637. The number of benzene rings is 1. The van der Waals surface area contributed by atoms with E-state index in [0.29, 0.717) is 19.8 Å². The van der Waals surface area contributed by atoms with Gasteiger partial charge in [0.25, 0.3) is 0 Å². The van der Waals surface area contributed by atoms with Crippen molar-refractivity contribution >= 4 is 0 Å². The van der Waals surface area contributed by atoms with E-state index < -0.39 is 6.10 Å². The molecule has 1 aliphatic heterocycles. The summed E-state index contributed by atoms with van der Waals surface area (Å²) >= 11 is 0. The van der Waals surface area contributed by atoms with E-state index in [1.165, 1.54) is 11.1 Å². The number of hydrogen-bond donors (Lipinski definition) is 1. The number of aliphatic hydroxyl groups is 1. The molecule has 0 radical (unpaired) electrons. The van der Waals surface area contributed by atoms with Gasteiger partial charge in [-0.05, 0) is 30.2 Å². The van der Waals surface area contributed by atoms with Crippen molar-refractivity contribution in [3.05, 3.63) is 59.5 Å². The highest BCUT2D eigenvalue weighted by Gasteiger charge is 2.16. The Bertz CT molecular complexity index is 671. The van der Waals surface area contributed by atoms with E-state index in [2.05, 4.69) is 41.0 Å². The Labute approximate surface area is 167 Å². The summed E-state index contributed by atoms with van der Waals surface area (Å²) in [5.74, 6) is 0.774. The lowest BCUT2D eigenvalue weighted by Crippen LogP contribution is -2.43. The van der Waals surface area contributed by atoms with E-state index in [4.69, 9.17) is 13.9 Å². The largest absolute Gasteiger partial charge is 0.467 e. The van der Waals surface area contributed by atoms with Crippen molar-refractivity contribution in [2.24, 2.45) is 0 Å². The monoisotopic (exact) mass is 388 g/mol. The molecule has 0 amide bonds. The van der Waals surface area contributed by atoms with Gasteiger partial charge in [0.15, 0.2) is 0 Å². The number of morpholine rings is 1. The summed E-state index contributed by atoms with van der Waals surface area (Å²) in [6.07, 6.45) is 1.09. The first-order valence-electron chi connectivity index (χ1n) is 10.1. The van der Waals surface area contributed by atoms with Gasteiger partial charge in [0.05, 0.1) is 32.2 Å². The fourth-order valence-electron chi connectivity index (χ4n) is 3.41. The molecule has 154 valence electrons. The lowest BCUT2D eigenvalue weighted by atomic mass is 10.1. The highest BCUT2D eigenvalue weighted by atomic mass is 16.5. The van der Waals surface area contributed by atoms with Crippen LogP contribution in [0, 0.1) is 6.92 Å². The fraction of sp³-hybridized carbons (Fsp3) is 0.545. The maximum absolute atomic E-state index is 10.5. The average Bonchev–Trinajstić information content (AvgIpc) is 3.22. The molecule has 1 saturated heterocycles. The van der Waals surface area contributed by atoms with Crippen LogP contribution >= 0.6 is 0 Å². The van der Waals surface area contributed by atoms with Crippen molar-refractivity contribution in [3.8, 4) is 0 Å². The molecule has 1 aromatic carbocycles.